The first-order chi connectivity index (χ1) is 15.4. The van der Waals surface area contributed by atoms with Crippen molar-refractivity contribution in [2.75, 3.05) is 23.3 Å². The van der Waals surface area contributed by atoms with Crippen LogP contribution < -0.4 is 16.0 Å². The van der Waals surface area contributed by atoms with Gasteiger partial charge in [0.25, 0.3) is 5.91 Å². The largest absolute Gasteiger partial charge is 0.388 e. The highest BCUT2D eigenvalue weighted by molar-refractivity contribution is 6.10. The number of rotatable bonds is 6. The second kappa shape index (κ2) is 9.43. The van der Waals surface area contributed by atoms with Gasteiger partial charge in [-0.3, -0.25) is 10.2 Å². The third kappa shape index (κ3) is 4.93. The molecule has 1 aliphatic heterocycles. The molecule has 0 saturated carbocycles. The lowest BCUT2D eigenvalue weighted by molar-refractivity contribution is 0.102. The Morgan fingerprint density at radius 3 is 2.53 bits per heavy atom. The quantitative estimate of drug-likeness (QED) is 0.358. The Labute approximate surface area is 190 Å². The summed E-state index contributed by atoms with van der Waals surface area (Å²) in [6.07, 6.45) is 3.62. The van der Waals surface area contributed by atoms with Gasteiger partial charge in [-0.1, -0.05) is 37.3 Å². The molecular weight excluding hydrogens is 396 g/mol. The van der Waals surface area contributed by atoms with Crippen molar-refractivity contribution in [2.45, 2.75) is 39.5 Å². The molecule has 1 heterocycles. The summed E-state index contributed by atoms with van der Waals surface area (Å²) < 4.78 is 0. The maximum absolute atomic E-state index is 13.2. The zero-order valence-electron chi connectivity index (χ0n) is 18.9. The first kappa shape index (κ1) is 21.9. The Hall–Kier alpha value is -3.34. The maximum Gasteiger partial charge on any atom is 0.255 e. The number of nitrogens with two attached hydrogens (primary N) is 1. The van der Waals surface area contributed by atoms with Crippen LogP contribution in [0.2, 0.25) is 0 Å². The second-order valence-electron chi connectivity index (χ2n) is 9.02. The molecule has 0 radical (unpaired) electrons. The van der Waals surface area contributed by atoms with Crippen molar-refractivity contribution < 1.29 is 4.79 Å². The molecule has 0 unspecified atom stereocenters. The maximum atomic E-state index is 13.2. The van der Waals surface area contributed by atoms with Crippen molar-refractivity contribution in [2.24, 2.45) is 11.7 Å². The number of aryl methyl sites for hydroxylation is 2. The third-order valence-corrected chi connectivity index (χ3v) is 6.40. The van der Waals surface area contributed by atoms with Crippen molar-refractivity contribution in [3.8, 4) is 0 Å². The summed E-state index contributed by atoms with van der Waals surface area (Å²) in [7, 11) is 0. The Morgan fingerprint density at radius 1 is 1.09 bits per heavy atom. The number of carbonyl (C=O) groups is 1. The summed E-state index contributed by atoms with van der Waals surface area (Å²) in [5.41, 5.74) is 10.4. The number of hydrogen-bond acceptors (Lipinski definition) is 3. The number of amides is 1. The van der Waals surface area contributed by atoms with Crippen LogP contribution in [0, 0.1) is 18.3 Å². The van der Waals surface area contributed by atoms with Gasteiger partial charge in [0.15, 0.2) is 0 Å². The van der Waals surface area contributed by atoms with Crippen LogP contribution in [0.15, 0.2) is 54.6 Å². The molecule has 1 amide bonds. The highest BCUT2D eigenvalue weighted by atomic mass is 16.1. The molecule has 0 aliphatic carbocycles. The van der Waals surface area contributed by atoms with E-state index < -0.39 is 0 Å². The molecule has 1 aliphatic rings. The van der Waals surface area contributed by atoms with E-state index in [0.717, 1.165) is 52.3 Å². The molecule has 4 N–H and O–H groups in total. The topological polar surface area (TPSA) is 82.2 Å². The van der Waals surface area contributed by atoms with E-state index in [9.17, 15) is 4.79 Å². The molecule has 0 aromatic heterocycles. The van der Waals surface area contributed by atoms with Gasteiger partial charge in [0.2, 0.25) is 0 Å². The summed E-state index contributed by atoms with van der Waals surface area (Å²) in [6.45, 7) is 6.43. The van der Waals surface area contributed by atoms with Crippen LogP contribution in [-0.2, 0) is 6.42 Å². The van der Waals surface area contributed by atoms with Crippen molar-refractivity contribution in [3.63, 3.8) is 0 Å². The van der Waals surface area contributed by atoms with E-state index in [1.807, 2.05) is 49.4 Å². The standard InChI is InChI=1S/C27H32N4O/c1-18-11-13-31(14-12-18)22-16-19(2)15-21(17-22)27(32)30-25-9-7-20(8-10-26(28)29)23-5-3-4-6-24(23)25/h3-7,9,15-18H,8,10-14H2,1-2H3,(H3,28,29)(H,30,32). The summed E-state index contributed by atoms with van der Waals surface area (Å²) >= 11 is 0. The first-order valence-electron chi connectivity index (χ1n) is 11.4. The number of benzene rings is 3. The molecule has 166 valence electrons. The molecule has 1 fully saturated rings. The number of nitrogens with zero attached hydrogens (tertiary/aromatic N) is 1. The van der Waals surface area contributed by atoms with Gasteiger partial charge >= 0.3 is 0 Å². The Balaban J connectivity index is 1.59. The summed E-state index contributed by atoms with van der Waals surface area (Å²) in [5, 5.41) is 12.7. The third-order valence-electron chi connectivity index (χ3n) is 6.40. The van der Waals surface area contributed by atoms with E-state index in [0.29, 0.717) is 18.4 Å². The highest BCUT2D eigenvalue weighted by Gasteiger charge is 2.18. The van der Waals surface area contributed by atoms with E-state index in [4.69, 9.17) is 11.1 Å². The fourth-order valence-corrected chi connectivity index (χ4v) is 4.50. The minimum Gasteiger partial charge on any atom is -0.388 e. The van der Waals surface area contributed by atoms with Crippen LogP contribution >= 0.6 is 0 Å². The van der Waals surface area contributed by atoms with E-state index in [2.05, 4.69) is 29.3 Å². The van der Waals surface area contributed by atoms with Gasteiger partial charge in [0, 0.05) is 41.8 Å². The van der Waals surface area contributed by atoms with Gasteiger partial charge < -0.3 is 16.0 Å². The Morgan fingerprint density at radius 2 is 1.81 bits per heavy atom. The lowest BCUT2D eigenvalue weighted by atomic mass is 9.98. The predicted molar refractivity (Wildman–Crippen MR) is 134 cm³/mol. The molecule has 1 saturated heterocycles. The number of anilines is 2. The van der Waals surface area contributed by atoms with Crippen molar-refractivity contribution in [1.29, 1.82) is 5.41 Å². The molecule has 4 rings (SSSR count). The zero-order valence-corrected chi connectivity index (χ0v) is 18.9. The van der Waals surface area contributed by atoms with Crippen LogP contribution in [0.4, 0.5) is 11.4 Å². The smallest absolute Gasteiger partial charge is 0.255 e. The number of carbonyl (C=O) groups excluding carboxylic acids is 1. The molecule has 5 heteroatoms. The minimum atomic E-state index is -0.0954. The molecule has 0 spiro atoms. The van der Waals surface area contributed by atoms with Gasteiger partial charge in [0.1, 0.15) is 0 Å². The summed E-state index contributed by atoms with van der Waals surface area (Å²) in [5.74, 6) is 0.859. The van der Waals surface area contributed by atoms with E-state index >= 15 is 0 Å². The van der Waals surface area contributed by atoms with Gasteiger partial charge in [-0.15, -0.1) is 0 Å². The molecular formula is C27H32N4O. The van der Waals surface area contributed by atoms with Crippen LogP contribution in [0.25, 0.3) is 10.8 Å². The number of nitrogens with one attached hydrogen (secondary N) is 2. The monoisotopic (exact) mass is 428 g/mol. The van der Waals surface area contributed by atoms with Crippen molar-refractivity contribution in [1.82, 2.24) is 0 Å². The van der Waals surface area contributed by atoms with E-state index in [1.54, 1.807) is 0 Å². The van der Waals surface area contributed by atoms with Gasteiger partial charge in [-0.05, 0) is 72.9 Å². The number of fused-ring (bicyclic) bond motifs is 1. The van der Waals surface area contributed by atoms with Crippen LogP contribution in [0.1, 0.15) is 47.7 Å². The molecule has 0 bridgehead atoms. The minimum absolute atomic E-state index is 0.0954. The summed E-state index contributed by atoms with van der Waals surface area (Å²) in [4.78, 5) is 15.6. The van der Waals surface area contributed by atoms with Gasteiger partial charge in [-0.2, -0.15) is 0 Å². The number of amidine groups is 1. The van der Waals surface area contributed by atoms with Crippen LogP contribution in [0.3, 0.4) is 0 Å². The fraction of sp³-hybridized carbons (Fsp3) is 0.333. The van der Waals surface area contributed by atoms with Gasteiger partial charge in [0.05, 0.1) is 5.84 Å². The SMILES string of the molecule is Cc1cc(C(=O)Nc2ccc(CCC(=N)N)c3ccccc23)cc(N2CCC(C)CC2)c1. The molecule has 32 heavy (non-hydrogen) atoms. The van der Waals surface area contributed by atoms with Gasteiger partial charge in [-0.25, -0.2) is 0 Å². The molecule has 3 aromatic carbocycles. The average Bonchev–Trinajstić information content (AvgIpc) is 2.78. The predicted octanol–water partition coefficient (Wildman–Crippen LogP) is 5.51. The second-order valence-corrected chi connectivity index (χ2v) is 9.02. The van der Waals surface area contributed by atoms with Crippen LogP contribution in [-0.4, -0.2) is 24.8 Å². The normalized spacial score (nSPS) is 14.5. The highest BCUT2D eigenvalue weighted by Crippen LogP contribution is 2.29. The first-order valence-corrected chi connectivity index (χ1v) is 11.4. The Kier molecular flexibility index (Phi) is 6.45. The average molecular weight is 429 g/mol. The summed E-state index contributed by atoms with van der Waals surface area (Å²) in [6, 6.07) is 18.2. The Bertz CT molecular complexity index is 1150. The van der Waals surface area contributed by atoms with Crippen molar-refractivity contribution in [3.05, 3.63) is 71.3 Å². The lowest BCUT2D eigenvalue weighted by Gasteiger charge is -2.32. The fourth-order valence-electron chi connectivity index (χ4n) is 4.50. The molecule has 0 atom stereocenters. The molecule has 3 aromatic rings. The number of hydrogen-bond donors (Lipinski definition) is 3. The van der Waals surface area contributed by atoms with Crippen molar-refractivity contribution >= 4 is 33.9 Å². The lowest BCUT2D eigenvalue weighted by Crippen LogP contribution is -2.33. The van der Waals surface area contributed by atoms with Crippen LogP contribution in [0.5, 0.6) is 0 Å². The molecule has 5 nitrogen and oxygen atoms in total. The van der Waals surface area contributed by atoms with E-state index in [1.165, 1.54) is 12.8 Å². The van der Waals surface area contributed by atoms with E-state index in [-0.39, 0.29) is 11.7 Å². The number of piperidine rings is 1. The zero-order chi connectivity index (χ0) is 22.7.